The maximum absolute atomic E-state index is 5.48. The number of hydrogen-bond donors (Lipinski definition) is 2. The van der Waals surface area contributed by atoms with Crippen LogP contribution in [0.3, 0.4) is 0 Å². The van der Waals surface area contributed by atoms with Crippen molar-refractivity contribution in [1.82, 2.24) is 5.32 Å². The second-order valence-corrected chi connectivity index (χ2v) is 6.13. The molecule has 0 aliphatic carbocycles. The van der Waals surface area contributed by atoms with Crippen LogP contribution in [0.4, 0.5) is 0 Å². The van der Waals surface area contributed by atoms with Gasteiger partial charge >= 0.3 is 0 Å². The van der Waals surface area contributed by atoms with E-state index in [0.29, 0.717) is 0 Å². The van der Waals surface area contributed by atoms with Crippen molar-refractivity contribution in [1.29, 1.82) is 0 Å². The summed E-state index contributed by atoms with van der Waals surface area (Å²) < 4.78 is 0. The molecular formula is C18H40N2. The van der Waals surface area contributed by atoms with E-state index in [0.717, 1.165) is 6.54 Å². The molecule has 2 nitrogen and oxygen atoms in total. The maximum atomic E-state index is 5.48. The molecule has 0 aromatic carbocycles. The molecule has 0 atom stereocenters. The van der Waals surface area contributed by atoms with Crippen LogP contribution in [0.5, 0.6) is 0 Å². The Hall–Kier alpha value is -0.0800. The third-order valence-electron chi connectivity index (χ3n) is 4.01. The van der Waals surface area contributed by atoms with Crippen LogP contribution in [-0.4, -0.2) is 19.6 Å². The molecule has 20 heavy (non-hydrogen) atoms. The molecule has 0 heterocycles. The van der Waals surface area contributed by atoms with Crippen molar-refractivity contribution < 1.29 is 0 Å². The number of rotatable bonds is 17. The van der Waals surface area contributed by atoms with Gasteiger partial charge < -0.3 is 11.1 Å². The highest BCUT2D eigenvalue weighted by atomic mass is 14.8. The van der Waals surface area contributed by atoms with Gasteiger partial charge in [0.1, 0.15) is 0 Å². The second-order valence-electron chi connectivity index (χ2n) is 6.13. The SMILES string of the molecule is CCCCCCCNCCCCCCCCCCCN. The molecule has 0 radical (unpaired) electrons. The minimum Gasteiger partial charge on any atom is -0.330 e. The Balaban J connectivity index is 2.89. The van der Waals surface area contributed by atoms with Crippen LogP contribution in [0, 0.1) is 0 Å². The Labute approximate surface area is 128 Å². The van der Waals surface area contributed by atoms with E-state index in [-0.39, 0.29) is 0 Å². The van der Waals surface area contributed by atoms with Crippen LogP contribution < -0.4 is 11.1 Å². The van der Waals surface area contributed by atoms with Gasteiger partial charge in [0.25, 0.3) is 0 Å². The fourth-order valence-corrected chi connectivity index (χ4v) is 2.61. The van der Waals surface area contributed by atoms with Gasteiger partial charge in [-0.1, -0.05) is 77.6 Å². The number of unbranched alkanes of at least 4 members (excludes halogenated alkanes) is 12. The lowest BCUT2D eigenvalue weighted by Gasteiger charge is -2.05. The topological polar surface area (TPSA) is 38.0 Å². The summed E-state index contributed by atoms with van der Waals surface area (Å²) in [6.45, 7) is 5.60. The molecule has 0 bridgehead atoms. The first kappa shape index (κ1) is 19.9. The number of nitrogens with two attached hydrogens (primary N) is 1. The molecule has 0 unspecified atom stereocenters. The minimum atomic E-state index is 0.867. The lowest BCUT2D eigenvalue weighted by Crippen LogP contribution is -2.16. The van der Waals surface area contributed by atoms with Crippen molar-refractivity contribution in [3.05, 3.63) is 0 Å². The summed E-state index contributed by atoms with van der Waals surface area (Å²) >= 11 is 0. The fourth-order valence-electron chi connectivity index (χ4n) is 2.61. The highest BCUT2D eigenvalue weighted by molar-refractivity contribution is 4.52. The van der Waals surface area contributed by atoms with E-state index in [1.807, 2.05) is 0 Å². The number of hydrogen-bond acceptors (Lipinski definition) is 2. The Morgan fingerprint density at radius 3 is 1.40 bits per heavy atom. The van der Waals surface area contributed by atoms with Crippen LogP contribution in [0.2, 0.25) is 0 Å². The first-order valence-electron chi connectivity index (χ1n) is 9.32. The van der Waals surface area contributed by atoms with Gasteiger partial charge in [-0.25, -0.2) is 0 Å². The van der Waals surface area contributed by atoms with Gasteiger partial charge in [0, 0.05) is 0 Å². The van der Waals surface area contributed by atoms with Gasteiger partial charge in [-0.3, -0.25) is 0 Å². The summed E-state index contributed by atoms with van der Waals surface area (Å²) in [5.41, 5.74) is 5.48. The average molecular weight is 285 g/mol. The predicted molar refractivity (Wildman–Crippen MR) is 92.2 cm³/mol. The molecular weight excluding hydrogens is 244 g/mol. The summed E-state index contributed by atoms with van der Waals surface area (Å²) in [7, 11) is 0. The normalized spacial score (nSPS) is 11.1. The van der Waals surface area contributed by atoms with E-state index >= 15 is 0 Å². The van der Waals surface area contributed by atoms with Gasteiger partial charge in [-0.15, -0.1) is 0 Å². The number of nitrogens with one attached hydrogen (secondary N) is 1. The average Bonchev–Trinajstić information content (AvgIpc) is 2.47. The van der Waals surface area contributed by atoms with Crippen molar-refractivity contribution in [3.8, 4) is 0 Å². The van der Waals surface area contributed by atoms with E-state index in [9.17, 15) is 0 Å². The van der Waals surface area contributed by atoms with Crippen molar-refractivity contribution in [2.75, 3.05) is 19.6 Å². The van der Waals surface area contributed by atoms with Crippen molar-refractivity contribution in [2.45, 2.75) is 96.8 Å². The molecule has 0 rings (SSSR count). The Morgan fingerprint density at radius 2 is 0.950 bits per heavy atom. The lowest BCUT2D eigenvalue weighted by atomic mass is 10.1. The van der Waals surface area contributed by atoms with Gasteiger partial charge in [0.2, 0.25) is 0 Å². The summed E-state index contributed by atoms with van der Waals surface area (Å²) in [6, 6.07) is 0. The van der Waals surface area contributed by atoms with Gasteiger partial charge in [0.15, 0.2) is 0 Å². The summed E-state index contributed by atoms with van der Waals surface area (Å²) in [4.78, 5) is 0. The molecule has 0 aliphatic rings. The van der Waals surface area contributed by atoms with Crippen LogP contribution in [0.1, 0.15) is 96.8 Å². The molecule has 0 aromatic rings. The first-order valence-corrected chi connectivity index (χ1v) is 9.32. The van der Waals surface area contributed by atoms with Gasteiger partial charge in [-0.05, 0) is 38.9 Å². The van der Waals surface area contributed by atoms with E-state index in [2.05, 4.69) is 12.2 Å². The minimum absolute atomic E-state index is 0.867. The molecule has 0 saturated carbocycles. The predicted octanol–water partition coefficient (Wildman–Crippen LogP) is 5.02. The first-order chi connectivity index (χ1) is 9.91. The van der Waals surface area contributed by atoms with Crippen molar-refractivity contribution in [2.24, 2.45) is 5.73 Å². The molecule has 0 saturated heterocycles. The van der Waals surface area contributed by atoms with Crippen molar-refractivity contribution >= 4 is 0 Å². The van der Waals surface area contributed by atoms with E-state index in [1.165, 1.54) is 103 Å². The highest BCUT2D eigenvalue weighted by Crippen LogP contribution is 2.09. The molecule has 0 aromatic heterocycles. The highest BCUT2D eigenvalue weighted by Gasteiger charge is 1.93. The molecule has 0 spiro atoms. The van der Waals surface area contributed by atoms with E-state index in [1.54, 1.807) is 0 Å². The second kappa shape index (κ2) is 18.9. The molecule has 122 valence electrons. The molecule has 2 heteroatoms. The standard InChI is InChI=1S/C18H40N2/c1-2-3-4-11-14-17-20-18-15-12-9-7-5-6-8-10-13-16-19/h20H,2-19H2,1H3. The summed E-state index contributed by atoms with van der Waals surface area (Å²) in [5.74, 6) is 0. The fraction of sp³-hybridized carbons (Fsp3) is 1.00. The molecule has 3 N–H and O–H groups in total. The summed E-state index contributed by atoms with van der Waals surface area (Å²) in [6.07, 6.45) is 19.3. The Bertz CT molecular complexity index is 141. The molecule has 0 fully saturated rings. The van der Waals surface area contributed by atoms with Crippen LogP contribution in [0.25, 0.3) is 0 Å². The molecule has 0 amide bonds. The lowest BCUT2D eigenvalue weighted by molar-refractivity contribution is 0.535. The zero-order chi connectivity index (χ0) is 14.7. The van der Waals surface area contributed by atoms with Crippen LogP contribution in [-0.2, 0) is 0 Å². The van der Waals surface area contributed by atoms with E-state index < -0.39 is 0 Å². The third kappa shape index (κ3) is 17.9. The smallest absolute Gasteiger partial charge is 0.00489 e. The quantitative estimate of drug-likeness (QED) is 0.368. The van der Waals surface area contributed by atoms with Gasteiger partial charge in [-0.2, -0.15) is 0 Å². The zero-order valence-electron chi connectivity index (χ0n) is 14.1. The van der Waals surface area contributed by atoms with E-state index in [4.69, 9.17) is 5.73 Å². The summed E-state index contributed by atoms with van der Waals surface area (Å²) in [5, 5.41) is 3.58. The monoisotopic (exact) mass is 284 g/mol. The van der Waals surface area contributed by atoms with Crippen LogP contribution >= 0.6 is 0 Å². The van der Waals surface area contributed by atoms with Gasteiger partial charge in [0.05, 0.1) is 0 Å². The zero-order valence-corrected chi connectivity index (χ0v) is 14.1. The third-order valence-corrected chi connectivity index (χ3v) is 4.01. The van der Waals surface area contributed by atoms with Crippen LogP contribution in [0.15, 0.2) is 0 Å². The largest absolute Gasteiger partial charge is 0.330 e. The molecule has 0 aliphatic heterocycles. The van der Waals surface area contributed by atoms with Crippen molar-refractivity contribution in [3.63, 3.8) is 0 Å². The Kier molecular flexibility index (Phi) is 18.8. The Morgan fingerprint density at radius 1 is 0.550 bits per heavy atom. The maximum Gasteiger partial charge on any atom is -0.00489 e.